The van der Waals surface area contributed by atoms with Crippen molar-refractivity contribution < 1.29 is 8.78 Å². The molecule has 0 aliphatic heterocycles. The van der Waals surface area contributed by atoms with Gasteiger partial charge in [-0.3, -0.25) is 0 Å². The molecule has 0 N–H and O–H groups in total. The Morgan fingerprint density at radius 2 is 1.80 bits per heavy atom. The molecule has 0 saturated carbocycles. The highest BCUT2D eigenvalue weighted by Gasteiger charge is 2.11. The predicted molar refractivity (Wildman–Crippen MR) is 42.8 cm³/mol. The third-order valence-corrected chi connectivity index (χ3v) is 2.34. The Morgan fingerprint density at radius 1 is 1.30 bits per heavy atom. The molecule has 0 aliphatic rings. The van der Waals surface area contributed by atoms with Crippen LogP contribution in [0.2, 0.25) is 0 Å². The minimum absolute atomic E-state index is 0.0305. The van der Waals surface area contributed by atoms with Gasteiger partial charge in [0, 0.05) is 0 Å². The fourth-order valence-electron chi connectivity index (χ4n) is 0.454. The molecule has 62 valence electrons. The molecule has 0 aromatic rings. The third kappa shape index (κ3) is 8.21. The van der Waals surface area contributed by atoms with Crippen LogP contribution < -0.4 is 0 Å². The van der Waals surface area contributed by atoms with Crippen molar-refractivity contribution in [2.45, 2.75) is 27.2 Å². The summed E-state index contributed by atoms with van der Waals surface area (Å²) in [6.45, 7) is 6.14. The van der Waals surface area contributed by atoms with E-state index >= 15 is 0 Å². The molecule has 0 atom stereocenters. The number of thioether (sulfide) groups is 1. The van der Waals surface area contributed by atoms with Crippen LogP contribution in [0.4, 0.5) is 8.78 Å². The van der Waals surface area contributed by atoms with Crippen LogP contribution >= 0.6 is 11.8 Å². The van der Waals surface area contributed by atoms with Crippen molar-refractivity contribution in [3.8, 4) is 0 Å². The lowest BCUT2D eigenvalue weighted by Gasteiger charge is -2.16. The Morgan fingerprint density at radius 3 is 2.10 bits per heavy atom. The minimum Gasteiger partial charge on any atom is -0.210 e. The van der Waals surface area contributed by atoms with Gasteiger partial charge in [0.15, 0.2) is 0 Å². The largest absolute Gasteiger partial charge is 0.247 e. The van der Waals surface area contributed by atoms with E-state index < -0.39 is 6.43 Å². The van der Waals surface area contributed by atoms with Crippen LogP contribution in [-0.2, 0) is 0 Å². The molecule has 0 fully saturated rings. The zero-order valence-corrected chi connectivity index (χ0v) is 7.47. The summed E-state index contributed by atoms with van der Waals surface area (Å²) in [6.07, 6.45) is -2.16. The average molecular weight is 168 g/mol. The van der Waals surface area contributed by atoms with E-state index in [2.05, 4.69) is 0 Å². The summed E-state index contributed by atoms with van der Waals surface area (Å²) in [4.78, 5) is 0. The Hall–Kier alpha value is 0.210. The quantitative estimate of drug-likeness (QED) is 0.624. The van der Waals surface area contributed by atoms with E-state index in [1.165, 1.54) is 11.8 Å². The summed E-state index contributed by atoms with van der Waals surface area (Å²) in [7, 11) is 0. The van der Waals surface area contributed by atoms with Gasteiger partial charge >= 0.3 is 0 Å². The van der Waals surface area contributed by atoms with Gasteiger partial charge in [0.1, 0.15) is 0 Å². The van der Waals surface area contributed by atoms with Crippen LogP contribution in [0, 0.1) is 5.41 Å². The molecule has 0 nitrogen and oxygen atoms in total. The molecule has 0 spiro atoms. The second-order valence-corrected chi connectivity index (χ2v) is 4.50. The number of hydrogen-bond acceptors (Lipinski definition) is 1. The van der Waals surface area contributed by atoms with E-state index in [-0.39, 0.29) is 11.2 Å². The lowest BCUT2D eigenvalue weighted by molar-refractivity contribution is 0.176. The monoisotopic (exact) mass is 168 g/mol. The van der Waals surface area contributed by atoms with Gasteiger partial charge in [0.25, 0.3) is 0 Å². The van der Waals surface area contributed by atoms with Crippen LogP contribution in [0.3, 0.4) is 0 Å². The molecule has 0 heterocycles. The van der Waals surface area contributed by atoms with Gasteiger partial charge in [-0.05, 0) is 11.2 Å². The van der Waals surface area contributed by atoms with Crippen molar-refractivity contribution in [2.75, 3.05) is 11.5 Å². The van der Waals surface area contributed by atoms with Crippen LogP contribution in [0.1, 0.15) is 20.8 Å². The molecule has 0 unspecified atom stereocenters. The Balaban J connectivity index is 3.21. The van der Waals surface area contributed by atoms with Crippen molar-refractivity contribution in [1.29, 1.82) is 0 Å². The Kier molecular flexibility index (Phi) is 4.25. The van der Waals surface area contributed by atoms with E-state index in [0.717, 1.165) is 5.75 Å². The molecule has 0 aromatic carbocycles. The molecule has 0 rings (SSSR count). The topological polar surface area (TPSA) is 0 Å². The van der Waals surface area contributed by atoms with E-state index in [4.69, 9.17) is 0 Å². The molecule has 0 amide bonds. The Labute approximate surface area is 65.4 Å². The SMILES string of the molecule is CC(C)(C)CSCC(F)F. The molecular weight excluding hydrogens is 154 g/mol. The van der Waals surface area contributed by atoms with Crippen LogP contribution in [0.25, 0.3) is 0 Å². The maximum Gasteiger partial charge on any atom is 0.247 e. The number of halogens is 2. The maximum atomic E-state index is 11.6. The smallest absolute Gasteiger partial charge is 0.210 e. The first-order valence-electron chi connectivity index (χ1n) is 3.28. The van der Waals surface area contributed by atoms with Crippen LogP contribution in [0.15, 0.2) is 0 Å². The van der Waals surface area contributed by atoms with Crippen LogP contribution in [-0.4, -0.2) is 17.9 Å². The van der Waals surface area contributed by atoms with Crippen molar-refractivity contribution in [1.82, 2.24) is 0 Å². The predicted octanol–water partition coefficient (Wildman–Crippen LogP) is 3.03. The number of alkyl halides is 2. The highest BCUT2D eigenvalue weighted by atomic mass is 32.2. The molecule has 0 aromatic heterocycles. The van der Waals surface area contributed by atoms with Gasteiger partial charge in [-0.1, -0.05) is 20.8 Å². The first kappa shape index (κ1) is 10.2. The van der Waals surface area contributed by atoms with E-state index in [1.54, 1.807) is 0 Å². The summed E-state index contributed by atoms with van der Waals surface area (Å²) in [5.41, 5.74) is 0.166. The molecular formula is C7H14F2S. The lowest BCUT2D eigenvalue weighted by atomic mass is 10.0. The second-order valence-electron chi connectivity index (χ2n) is 3.47. The van der Waals surface area contributed by atoms with Gasteiger partial charge in [-0.25, -0.2) is 8.78 Å². The van der Waals surface area contributed by atoms with Gasteiger partial charge < -0.3 is 0 Å². The molecule has 0 bridgehead atoms. The maximum absolute atomic E-state index is 11.6. The van der Waals surface area contributed by atoms with Crippen molar-refractivity contribution in [2.24, 2.45) is 5.41 Å². The highest BCUT2D eigenvalue weighted by Crippen LogP contribution is 2.21. The fourth-order valence-corrected chi connectivity index (χ4v) is 1.36. The van der Waals surface area contributed by atoms with Crippen molar-refractivity contribution in [3.05, 3.63) is 0 Å². The highest BCUT2D eigenvalue weighted by molar-refractivity contribution is 7.99. The first-order valence-corrected chi connectivity index (χ1v) is 4.43. The van der Waals surface area contributed by atoms with Gasteiger partial charge in [-0.15, -0.1) is 0 Å². The van der Waals surface area contributed by atoms with E-state index in [1.807, 2.05) is 20.8 Å². The molecule has 0 aliphatic carbocycles. The fraction of sp³-hybridized carbons (Fsp3) is 1.00. The minimum atomic E-state index is -2.16. The van der Waals surface area contributed by atoms with Gasteiger partial charge in [0.05, 0.1) is 5.75 Å². The molecule has 0 radical (unpaired) electrons. The molecule has 3 heteroatoms. The molecule has 10 heavy (non-hydrogen) atoms. The molecule has 0 saturated heterocycles. The van der Waals surface area contributed by atoms with Gasteiger partial charge in [0.2, 0.25) is 6.43 Å². The second kappa shape index (κ2) is 4.16. The van der Waals surface area contributed by atoms with Crippen LogP contribution in [0.5, 0.6) is 0 Å². The van der Waals surface area contributed by atoms with Gasteiger partial charge in [-0.2, -0.15) is 11.8 Å². The zero-order chi connectivity index (χ0) is 8.20. The normalized spacial score (nSPS) is 12.6. The number of rotatable bonds is 3. The first-order chi connectivity index (χ1) is 4.42. The summed E-state index contributed by atoms with van der Waals surface area (Å²) < 4.78 is 23.2. The van der Waals surface area contributed by atoms with E-state index in [9.17, 15) is 8.78 Å². The summed E-state index contributed by atoms with van der Waals surface area (Å²) in [6, 6.07) is 0. The summed E-state index contributed by atoms with van der Waals surface area (Å²) >= 11 is 1.32. The lowest BCUT2D eigenvalue weighted by Crippen LogP contribution is -2.10. The van der Waals surface area contributed by atoms with Crippen molar-refractivity contribution >= 4 is 11.8 Å². The Bertz CT molecular complexity index is 86.1. The zero-order valence-electron chi connectivity index (χ0n) is 6.66. The summed E-state index contributed by atoms with van der Waals surface area (Å²) in [5.74, 6) is 0.772. The number of hydrogen-bond donors (Lipinski definition) is 0. The third-order valence-electron chi connectivity index (χ3n) is 0.779. The summed E-state index contributed by atoms with van der Waals surface area (Å²) in [5, 5.41) is 0. The van der Waals surface area contributed by atoms with E-state index in [0.29, 0.717) is 0 Å². The standard InChI is InChI=1S/C7H14F2S/c1-7(2,3)5-10-4-6(8)9/h6H,4-5H2,1-3H3. The van der Waals surface area contributed by atoms with Crippen molar-refractivity contribution in [3.63, 3.8) is 0 Å². The average Bonchev–Trinajstić information content (AvgIpc) is 1.59.